The summed E-state index contributed by atoms with van der Waals surface area (Å²) in [6.07, 6.45) is 1.39. The summed E-state index contributed by atoms with van der Waals surface area (Å²) in [5.41, 5.74) is 0.980. The summed E-state index contributed by atoms with van der Waals surface area (Å²) >= 11 is 0. The van der Waals surface area contributed by atoms with Gasteiger partial charge in [-0.3, -0.25) is 15.0 Å². The molecule has 1 N–H and O–H groups in total. The molecule has 2 atom stereocenters. The van der Waals surface area contributed by atoms with Crippen LogP contribution in [0.4, 0.5) is 11.4 Å². The molecule has 2 heterocycles. The number of nitriles is 1. The number of non-ortho nitro benzene ring substituents is 1. The lowest BCUT2D eigenvalue weighted by Gasteiger charge is -2.37. The molecule has 2 aliphatic heterocycles. The fourth-order valence-electron chi connectivity index (χ4n) is 3.46. The van der Waals surface area contributed by atoms with E-state index >= 15 is 0 Å². The van der Waals surface area contributed by atoms with Crippen LogP contribution in [-0.2, 0) is 4.74 Å². The summed E-state index contributed by atoms with van der Waals surface area (Å²) in [5.74, 6) is 0. The standard InChI is InChI=1S/C17H22N4O4/c18-11-13-10-14(21(23)24)3-4-15(13)20-7-5-19(6-8-20)12-16(22)17-2-1-9-25-17/h3-4,10,16-17,22H,1-2,5-9,12H2/t16-,17+/m0/s1. The number of piperazine rings is 1. The summed E-state index contributed by atoms with van der Waals surface area (Å²) in [5, 5.41) is 30.4. The number of nitrogens with zero attached hydrogens (tertiary/aromatic N) is 4. The van der Waals surface area contributed by atoms with Gasteiger partial charge in [-0.05, 0) is 18.9 Å². The topological polar surface area (TPSA) is 103 Å². The first-order chi connectivity index (χ1) is 12.1. The number of hydrogen-bond donors (Lipinski definition) is 1. The lowest BCUT2D eigenvalue weighted by Crippen LogP contribution is -2.50. The molecule has 2 saturated heterocycles. The van der Waals surface area contributed by atoms with E-state index in [0.717, 1.165) is 38.2 Å². The van der Waals surface area contributed by atoms with Gasteiger partial charge >= 0.3 is 0 Å². The van der Waals surface area contributed by atoms with Crippen molar-refractivity contribution in [1.29, 1.82) is 5.26 Å². The summed E-state index contributed by atoms with van der Waals surface area (Å²) in [6, 6.07) is 6.46. The summed E-state index contributed by atoms with van der Waals surface area (Å²) in [7, 11) is 0. The van der Waals surface area contributed by atoms with Gasteiger partial charge < -0.3 is 14.7 Å². The van der Waals surface area contributed by atoms with Crippen LogP contribution < -0.4 is 4.90 Å². The van der Waals surface area contributed by atoms with Crippen LogP contribution in [0.2, 0.25) is 0 Å². The van der Waals surface area contributed by atoms with Crippen molar-refractivity contribution in [2.45, 2.75) is 25.0 Å². The maximum atomic E-state index is 10.9. The van der Waals surface area contributed by atoms with Crippen molar-refractivity contribution in [2.75, 3.05) is 44.2 Å². The highest BCUT2D eigenvalue weighted by Crippen LogP contribution is 2.26. The lowest BCUT2D eigenvalue weighted by molar-refractivity contribution is -0.384. The fraction of sp³-hybridized carbons (Fsp3) is 0.588. The number of aliphatic hydroxyl groups excluding tert-OH is 1. The Morgan fingerprint density at radius 3 is 2.76 bits per heavy atom. The van der Waals surface area contributed by atoms with E-state index in [2.05, 4.69) is 15.9 Å². The first kappa shape index (κ1) is 17.6. The largest absolute Gasteiger partial charge is 0.389 e. The predicted molar refractivity (Wildman–Crippen MR) is 91.4 cm³/mol. The highest BCUT2D eigenvalue weighted by Gasteiger charge is 2.28. The van der Waals surface area contributed by atoms with Crippen LogP contribution in [0.1, 0.15) is 18.4 Å². The van der Waals surface area contributed by atoms with E-state index in [4.69, 9.17) is 4.74 Å². The lowest BCUT2D eigenvalue weighted by atomic mass is 10.1. The molecule has 2 fully saturated rings. The molecule has 1 aromatic carbocycles. The molecule has 0 aliphatic carbocycles. The Morgan fingerprint density at radius 2 is 2.16 bits per heavy atom. The van der Waals surface area contributed by atoms with Crippen LogP contribution in [-0.4, -0.2) is 66.5 Å². The van der Waals surface area contributed by atoms with E-state index in [9.17, 15) is 20.5 Å². The summed E-state index contributed by atoms with van der Waals surface area (Å²) in [6.45, 7) is 4.28. The summed E-state index contributed by atoms with van der Waals surface area (Å²) < 4.78 is 5.53. The van der Waals surface area contributed by atoms with Crippen LogP contribution in [0, 0.1) is 21.4 Å². The van der Waals surface area contributed by atoms with Gasteiger partial charge in [0.05, 0.1) is 28.4 Å². The van der Waals surface area contributed by atoms with Crippen molar-refractivity contribution < 1.29 is 14.8 Å². The van der Waals surface area contributed by atoms with Gasteiger partial charge in [-0.15, -0.1) is 0 Å². The molecule has 0 saturated carbocycles. The van der Waals surface area contributed by atoms with E-state index in [1.54, 1.807) is 6.07 Å². The van der Waals surface area contributed by atoms with E-state index in [-0.39, 0.29) is 11.8 Å². The van der Waals surface area contributed by atoms with Crippen molar-refractivity contribution in [3.05, 3.63) is 33.9 Å². The highest BCUT2D eigenvalue weighted by atomic mass is 16.6. The van der Waals surface area contributed by atoms with Gasteiger partial charge in [0.1, 0.15) is 6.07 Å². The molecule has 0 bridgehead atoms. The second kappa shape index (κ2) is 7.78. The summed E-state index contributed by atoms with van der Waals surface area (Å²) in [4.78, 5) is 14.6. The Hall–Kier alpha value is -2.21. The average Bonchev–Trinajstić information content (AvgIpc) is 3.16. The van der Waals surface area contributed by atoms with Gasteiger partial charge in [0.15, 0.2) is 0 Å². The number of benzene rings is 1. The van der Waals surface area contributed by atoms with Crippen molar-refractivity contribution in [3.63, 3.8) is 0 Å². The third-order valence-corrected chi connectivity index (χ3v) is 4.86. The number of ether oxygens (including phenoxy) is 1. The molecule has 8 heteroatoms. The van der Waals surface area contributed by atoms with Crippen molar-refractivity contribution in [1.82, 2.24) is 4.90 Å². The number of rotatable bonds is 5. The maximum Gasteiger partial charge on any atom is 0.270 e. The fourth-order valence-corrected chi connectivity index (χ4v) is 3.46. The number of nitro benzene ring substituents is 1. The Morgan fingerprint density at radius 1 is 1.40 bits per heavy atom. The van der Waals surface area contributed by atoms with Gasteiger partial charge in [0.25, 0.3) is 5.69 Å². The minimum atomic E-state index is -0.491. The third-order valence-electron chi connectivity index (χ3n) is 4.86. The number of β-amino-alcohol motifs (C(OH)–C–C–N with tert-alkyl or cyclic N) is 1. The number of aliphatic hydroxyl groups is 1. The van der Waals surface area contributed by atoms with Crippen LogP contribution in [0.15, 0.2) is 18.2 Å². The minimum absolute atomic E-state index is 0.0575. The molecule has 0 aromatic heterocycles. The normalized spacial score (nSPS) is 22.6. The molecule has 25 heavy (non-hydrogen) atoms. The van der Waals surface area contributed by atoms with Gasteiger partial charge in [0, 0.05) is 51.5 Å². The van der Waals surface area contributed by atoms with E-state index < -0.39 is 11.0 Å². The monoisotopic (exact) mass is 346 g/mol. The quantitative estimate of drug-likeness (QED) is 0.629. The molecule has 0 amide bonds. The zero-order valence-corrected chi connectivity index (χ0v) is 14.0. The molecule has 0 radical (unpaired) electrons. The minimum Gasteiger partial charge on any atom is -0.389 e. The van der Waals surface area contributed by atoms with Crippen molar-refractivity contribution in [3.8, 4) is 6.07 Å². The zero-order valence-electron chi connectivity index (χ0n) is 14.0. The van der Waals surface area contributed by atoms with Crippen LogP contribution in [0.3, 0.4) is 0 Å². The van der Waals surface area contributed by atoms with Crippen molar-refractivity contribution >= 4 is 11.4 Å². The Bertz CT molecular complexity index is 661. The second-order valence-electron chi connectivity index (χ2n) is 6.48. The van der Waals surface area contributed by atoms with Crippen LogP contribution >= 0.6 is 0 Å². The van der Waals surface area contributed by atoms with Crippen molar-refractivity contribution in [2.24, 2.45) is 0 Å². The van der Waals surface area contributed by atoms with Gasteiger partial charge in [-0.25, -0.2) is 0 Å². The molecule has 2 aliphatic rings. The van der Waals surface area contributed by atoms with Gasteiger partial charge in [-0.2, -0.15) is 5.26 Å². The Kier molecular flexibility index (Phi) is 5.48. The van der Waals surface area contributed by atoms with E-state index in [0.29, 0.717) is 25.2 Å². The van der Waals surface area contributed by atoms with Crippen LogP contribution in [0.5, 0.6) is 0 Å². The highest BCUT2D eigenvalue weighted by molar-refractivity contribution is 5.63. The molecular weight excluding hydrogens is 324 g/mol. The van der Waals surface area contributed by atoms with Gasteiger partial charge in [-0.1, -0.05) is 0 Å². The predicted octanol–water partition coefficient (Wildman–Crippen LogP) is 1.13. The maximum absolute atomic E-state index is 10.9. The zero-order chi connectivity index (χ0) is 17.8. The molecule has 0 spiro atoms. The van der Waals surface area contributed by atoms with Gasteiger partial charge in [0.2, 0.25) is 0 Å². The van der Waals surface area contributed by atoms with E-state index in [1.165, 1.54) is 12.1 Å². The third kappa shape index (κ3) is 4.07. The number of hydrogen-bond acceptors (Lipinski definition) is 7. The Balaban J connectivity index is 1.58. The number of nitro groups is 1. The van der Waals surface area contributed by atoms with Crippen LogP contribution in [0.25, 0.3) is 0 Å². The SMILES string of the molecule is N#Cc1cc([N+](=O)[O-])ccc1N1CCN(C[C@H](O)[C@H]2CCCO2)CC1. The first-order valence-electron chi connectivity index (χ1n) is 8.54. The Labute approximate surface area is 146 Å². The first-order valence-corrected chi connectivity index (χ1v) is 8.54. The number of anilines is 1. The second-order valence-corrected chi connectivity index (χ2v) is 6.48. The molecule has 1 aromatic rings. The van der Waals surface area contributed by atoms with E-state index in [1.807, 2.05) is 0 Å². The smallest absolute Gasteiger partial charge is 0.270 e. The molecule has 8 nitrogen and oxygen atoms in total. The molecular formula is C17H22N4O4. The molecule has 3 rings (SSSR count). The molecule has 0 unspecified atom stereocenters. The molecule has 134 valence electrons. The average molecular weight is 346 g/mol.